The minimum Gasteiger partial charge on any atom is -0.258 e. The second kappa shape index (κ2) is 5.00. The lowest BCUT2D eigenvalue weighted by atomic mass is 10.0. The molecule has 2 rings (SSSR count). The molecule has 0 saturated heterocycles. The van der Waals surface area contributed by atoms with Gasteiger partial charge in [0.1, 0.15) is 0 Å². The molecule has 88 valence electrons. The summed E-state index contributed by atoms with van der Waals surface area (Å²) in [5, 5.41) is 4.47. The molecule has 1 aromatic rings. The zero-order valence-electron chi connectivity index (χ0n) is 10.4. The van der Waals surface area contributed by atoms with Crippen LogP contribution in [0.1, 0.15) is 30.6 Å². The van der Waals surface area contributed by atoms with E-state index in [1.807, 2.05) is 12.3 Å². The fraction of sp³-hybridized carbons (Fsp3) is 0.267. The summed E-state index contributed by atoms with van der Waals surface area (Å²) >= 11 is 0. The van der Waals surface area contributed by atoms with Crippen molar-refractivity contribution in [1.82, 2.24) is 9.78 Å². The minimum absolute atomic E-state index is 0.330. The number of nitrogens with zero attached hydrogens (tertiary/aromatic N) is 2. The molecule has 1 aliphatic rings. The Morgan fingerprint density at radius 1 is 1.47 bits per heavy atom. The molecule has 0 amide bonds. The molecule has 0 N–H and O–H groups in total. The first-order valence-electron chi connectivity index (χ1n) is 5.90. The normalized spacial score (nSPS) is 19.6. The van der Waals surface area contributed by atoms with Crippen LogP contribution >= 0.6 is 0 Å². The molecule has 0 bridgehead atoms. The zero-order chi connectivity index (χ0) is 12.3. The van der Waals surface area contributed by atoms with Gasteiger partial charge in [-0.3, -0.25) is 4.68 Å². The maximum absolute atomic E-state index is 4.47. The van der Waals surface area contributed by atoms with Crippen LogP contribution in [0.3, 0.4) is 0 Å². The van der Waals surface area contributed by atoms with Crippen LogP contribution in [-0.2, 0) is 0 Å². The third-order valence-corrected chi connectivity index (χ3v) is 2.99. The summed E-state index contributed by atoms with van der Waals surface area (Å²) in [4.78, 5) is 0. The molecular weight excluding hydrogens is 208 g/mol. The Morgan fingerprint density at radius 3 is 2.94 bits per heavy atom. The monoisotopic (exact) mass is 226 g/mol. The smallest absolute Gasteiger partial charge is 0.0744 e. The minimum atomic E-state index is 0.330. The summed E-state index contributed by atoms with van der Waals surface area (Å²) in [5.74, 6) is 0. The SMILES string of the molecule is C=C/C=C\c1c(C)cnn1C1C=CC(C)=CC1. The first-order chi connectivity index (χ1) is 8.22. The molecule has 0 saturated carbocycles. The van der Waals surface area contributed by atoms with Crippen molar-refractivity contribution < 1.29 is 0 Å². The van der Waals surface area contributed by atoms with Crippen LogP contribution in [0.25, 0.3) is 6.08 Å². The van der Waals surface area contributed by atoms with E-state index in [9.17, 15) is 0 Å². The standard InChI is InChI=1S/C15H18N2/c1-4-5-6-15-13(3)11-16-17(15)14-9-7-12(2)8-10-14/h4-9,11,14H,1,10H2,2-3H3/b6-5-. The van der Waals surface area contributed by atoms with E-state index in [0.29, 0.717) is 6.04 Å². The first kappa shape index (κ1) is 11.6. The average Bonchev–Trinajstić information content (AvgIpc) is 2.69. The molecule has 17 heavy (non-hydrogen) atoms. The Kier molecular flexibility index (Phi) is 3.43. The molecule has 0 aromatic carbocycles. The molecule has 2 heteroatoms. The number of allylic oxidation sites excluding steroid dienone is 6. The van der Waals surface area contributed by atoms with Crippen LogP contribution in [0.15, 0.2) is 48.7 Å². The summed E-state index contributed by atoms with van der Waals surface area (Å²) in [6, 6.07) is 0.330. The molecule has 2 nitrogen and oxygen atoms in total. The second-order valence-corrected chi connectivity index (χ2v) is 4.36. The van der Waals surface area contributed by atoms with E-state index in [2.05, 4.69) is 54.5 Å². The fourth-order valence-corrected chi connectivity index (χ4v) is 1.99. The summed E-state index contributed by atoms with van der Waals surface area (Å²) in [6.45, 7) is 7.91. The van der Waals surface area contributed by atoms with Gasteiger partial charge in [0.05, 0.1) is 17.9 Å². The Balaban J connectivity index is 2.30. The van der Waals surface area contributed by atoms with Gasteiger partial charge < -0.3 is 0 Å². The van der Waals surface area contributed by atoms with Crippen molar-refractivity contribution in [2.45, 2.75) is 26.3 Å². The maximum atomic E-state index is 4.47. The Hall–Kier alpha value is -1.83. The third kappa shape index (κ3) is 2.47. The van der Waals surface area contributed by atoms with E-state index in [1.54, 1.807) is 6.08 Å². The van der Waals surface area contributed by atoms with E-state index >= 15 is 0 Å². The quantitative estimate of drug-likeness (QED) is 0.716. The molecule has 0 spiro atoms. The lowest BCUT2D eigenvalue weighted by Crippen LogP contribution is -2.11. The molecule has 1 unspecified atom stereocenters. The van der Waals surface area contributed by atoms with Gasteiger partial charge in [0.2, 0.25) is 0 Å². The predicted molar refractivity (Wildman–Crippen MR) is 72.7 cm³/mol. The summed E-state index contributed by atoms with van der Waals surface area (Å²) in [7, 11) is 0. The Bertz CT molecular complexity index is 501. The van der Waals surface area contributed by atoms with Gasteiger partial charge >= 0.3 is 0 Å². The van der Waals surface area contributed by atoms with Gasteiger partial charge in [-0.05, 0) is 31.9 Å². The van der Waals surface area contributed by atoms with Gasteiger partial charge in [-0.1, -0.05) is 42.5 Å². The van der Waals surface area contributed by atoms with Crippen molar-refractivity contribution in [1.29, 1.82) is 0 Å². The number of hydrogen-bond acceptors (Lipinski definition) is 1. The summed E-state index contributed by atoms with van der Waals surface area (Å²) < 4.78 is 2.08. The van der Waals surface area contributed by atoms with Gasteiger partial charge in [0.25, 0.3) is 0 Å². The molecule has 0 radical (unpaired) electrons. The van der Waals surface area contributed by atoms with E-state index in [4.69, 9.17) is 0 Å². The zero-order valence-corrected chi connectivity index (χ0v) is 10.4. The summed E-state index contributed by atoms with van der Waals surface area (Å²) in [6.07, 6.45) is 15.4. The number of aryl methyl sites for hydroxylation is 1. The van der Waals surface area contributed by atoms with E-state index in [1.165, 1.54) is 11.1 Å². The Labute approximate surface area is 103 Å². The fourth-order valence-electron chi connectivity index (χ4n) is 1.99. The highest BCUT2D eigenvalue weighted by Gasteiger charge is 2.14. The maximum Gasteiger partial charge on any atom is 0.0744 e. The largest absolute Gasteiger partial charge is 0.258 e. The molecule has 1 heterocycles. The van der Waals surface area contributed by atoms with Crippen LogP contribution in [0.4, 0.5) is 0 Å². The molecule has 1 atom stereocenters. The third-order valence-electron chi connectivity index (χ3n) is 2.99. The van der Waals surface area contributed by atoms with Crippen molar-refractivity contribution in [3.05, 3.63) is 60.0 Å². The number of hydrogen-bond donors (Lipinski definition) is 0. The van der Waals surface area contributed by atoms with E-state index in [-0.39, 0.29) is 0 Å². The lowest BCUT2D eigenvalue weighted by Gasteiger charge is -2.17. The molecule has 0 fully saturated rings. The number of rotatable bonds is 3. The van der Waals surface area contributed by atoms with Crippen molar-refractivity contribution in [2.24, 2.45) is 0 Å². The van der Waals surface area contributed by atoms with Crippen molar-refractivity contribution in [3.63, 3.8) is 0 Å². The van der Waals surface area contributed by atoms with Crippen LogP contribution in [0, 0.1) is 6.92 Å². The van der Waals surface area contributed by atoms with Crippen LogP contribution in [0.2, 0.25) is 0 Å². The van der Waals surface area contributed by atoms with Gasteiger partial charge in [-0.2, -0.15) is 5.10 Å². The highest BCUT2D eigenvalue weighted by atomic mass is 15.3. The van der Waals surface area contributed by atoms with Crippen LogP contribution in [0.5, 0.6) is 0 Å². The average molecular weight is 226 g/mol. The second-order valence-electron chi connectivity index (χ2n) is 4.36. The predicted octanol–water partition coefficient (Wildman–Crippen LogP) is 3.84. The van der Waals surface area contributed by atoms with Crippen LogP contribution < -0.4 is 0 Å². The molecule has 1 aromatic heterocycles. The van der Waals surface area contributed by atoms with Crippen LogP contribution in [-0.4, -0.2) is 9.78 Å². The highest BCUT2D eigenvalue weighted by molar-refractivity contribution is 5.51. The molecule has 0 aliphatic heterocycles. The van der Waals surface area contributed by atoms with Gasteiger partial charge in [-0.25, -0.2) is 0 Å². The van der Waals surface area contributed by atoms with Gasteiger partial charge in [0, 0.05) is 0 Å². The topological polar surface area (TPSA) is 17.8 Å². The van der Waals surface area contributed by atoms with Crippen molar-refractivity contribution >= 4 is 6.08 Å². The first-order valence-corrected chi connectivity index (χ1v) is 5.90. The molecule has 1 aliphatic carbocycles. The van der Waals surface area contributed by atoms with Crippen molar-refractivity contribution in [2.75, 3.05) is 0 Å². The summed E-state index contributed by atoms with van der Waals surface area (Å²) in [5.41, 5.74) is 3.68. The van der Waals surface area contributed by atoms with Gasteiger partial charge in [0.15, 0.2) is 0 Å². The molecular formula is C15H18N2. The Morgan fingerprint density at radius 2 is 2.29 bits per heavy atom. The lowest BCUT2D eigenvalue weighted by molar-refractivity contribution is 0.534. The van der Waals surface area contributed by atoms with Crippen molar-refractivity contribution in [3.8, 4) is 0 Å². The van der Waals surface area contributed by atoms with Gasteiger partial charge in [-0.15, -0.1) is 0 Å². The highest BCUT2D eigenvalue weighted by Crippen LogP contribution is 2.24. The number of aromatic nitrogens is 2. The van der Waals surface area contributed by atoms with E-state index in [0.717, 1.165) is 12.1 Å². The van der Waals surface area contributed by atoms with E-state index < -0.39 is 0 Å².